The summed E-state index contributed by atoms with van der Waals surface area (Å²) in [7, 11) is -2.17. The summed E-state index contributed by atoms with van der Waals surface area (Å²) in [6.07, 6.45) is 1.69. The Kier molecular flexibility index (Phi) is 3.44. The first-order valence-corrected chi connectivity index (χ1v) is 7.20. The van der Waals surface area contributed by atoms with Gasteiger partial charge < -0.3 is 5.11 Å². The molecule has 18 heavy (non-hydrogen) atoms. The maximum Gasteiger partial charge on any atom is 0.243 e. The van der Waals surface area contributed by atoms with Gasteiger partial charge in [0.15, 0.2) is 0 Å². The minimum Gasteiger partial charge on any atom is -0.392 e. The highest BCUT2D eigenvalue weighted by molar-refractivity contribution is 7.89. The van der Waals surface area contributed by atoms with Crippen molar-refractivity contribution >= 4 is 10.0 Å². The van der Waals surface area contributed by atoms with Gasteiger partial charge in [-0.25, -0.2) is 12.8 Å². The predicted octanol–water partition coefficient (Wildman–Crippen LogP) is 1.41. The number of hydrogen-bond donors (Lipinski definition) is 1. The van der Waals surface area contributed by atoms with Crippen LogP contribution in [0.15, 0.2) is 17.0 Å². The first-order valence-electron chi connectivity index (χ1n) is 5.76. The summed E-state index contributed by atoms with van der Waals surface area (Å²) in [5, 5.41) is 9.03. The van der Waals surface area contributed by atoms with Gasteiger partial charge in [-0.1, -0.05) is 0 Å². The fourth-order valence-corrected chi connectivity index (χ4v) is 3.55. The first kappa shape index (κ1) is 13.5. The highest BCUT2D eigenvalue weighted by atomic mass is 32.2. The Bertz CT molecular complexity index is 567. The number of sulfonamides is 1. The topological polar surface area (TPSA) is 57.6 Å². The van der Waals surface area contributed by atoms with E-state index in [1.807, 2.05) is 0 Å². The van der Waals surface area contributed by atoms with Crippen LogP contribution in [0.4, 0.5) is 4.39 Å². The lowest BCUT2D eigenvalue weighted by atomic mass is 10.1. The fraction of sp³-hybridized carbons (Fsp3) is 0.500. The van der Waals surface area contributed by atoms with Gasteiger partial charge in [0.25, 0.3) is 0 Å². The molecule has 1 aromatic rings. The van der Waals surface area contributed by atoms with Gasteiger partial charge in [-0.05, 0) is 37.5 Å². The van der Waals surface area contributed by atoms with Crippen molar-refractivity contribution in [1.29, 1.82) is 0 Å². The SMILES string of the molecule is Cc1c(F)cc(CO)cc1S(=O)(=O)N(C)C1CC1. The number of halogens is 1. The molecule has 1 N–H and O–H groups in total. The van der Waals surface area contributed by atoms with Crippen LogP contribution in [0.25, 0.3) is 0 Å². The van der Waals surface area contributed by atoms with E-state index in [-0.39, 0.29) is 28.7 Å². The van der Waals surface area contributed by atoms with E-state index < -0.39 is 15.8 Å². The standard InChI is InChI=1S/C12H16FNO3S/c1-8-11(13)5-9(7-15)6-12(8)18(16,17)14(2)10-3-4-10/h5-6,10,15H,3-4,7H2,1-2H3. The quantitative estimate of drug-likeness (QED) is 0.902. The van der Waals surface area contributed by atoms with E-state index in [1.54, 1.807) is 0 Å². The number of nitrogens with zero attached hydrogens (tertiary/aromatic N) is 1. The predicted molar refractivity (Wildman–Crippen MR) is 65.0 cm³/mol. The normalized spacial score (nSPS) is 16.3. The highest BCUT2D eigenvalue weighted by Crippen LogP contribution is 2.32. The molecule has 0 amide bonds. The Morgan fingerprint density at radius 2 is 2.06 bits per heavy atom. The molecule has 0 spiro atoms. The molecule has 4 nitrogen and oxygen atoms in total. The van der Waals surface area contributed by atoms with Crippen molar-refractivity contribution in [3.05, 3.63) is 29.1 Å². The summed E-state index contributed by atoms with van der Waals surface area (Å²) < 4.78 is 39.6. The Hall–Kier alpha value is -0.980. The van der Waals surface area contributed by atoms with E-state index in [4.69, 9.17) is 5.11 Å². The molecular formula is C12H16FNO3S. The Balaban J connectivity index is 2.52. The molecule has 6 heteroatoms. The lowest BCUT2D eigenvalue weighted by Gasteiger charge is -2.18. The van der Waals surface area contributed by atoms with Crippen molar-refractivity contribution < 1.29 is 17.9 Å². The van der Waals surface area contributed by atoms with Crippen molar-refractivity contribution in [1.82, 2.24) is 4.31 Å². The number of aliphatic hydroxyl groups is 1. The average molecular weight is 273 g/mol. The number of benzene rings is 1. The molecular weight excluding hydrogens is 257 g/mol. The molecule has 1 aliphatic rings. The lowest BCUT2D eigenvalue weighted by molar-refractivity contribution is 0.280. The van der Waals surface area contributed by atoms with E-state index >= 15 is 0 Å². The van der Waals surface area contributed by atoms with Gasteiger partial charge in [0.1, 0.15) is 5.82 Å². The maximum atomic E-state index is 13.6. The molecule has 0 aromatic heterocycles. The van der Waals surface area contributed by atoms with Crippen LogP contribution in [0.1, 0.15) is 24.0 Å². The molecule has 1 fully saturated rings. The molecule has 1 aromatic carbocycles. The first-order chi connectivity index (χ1) is 8.37. The van der Waals surface area contributed by atoms with Gasteiger partial charge in [-0.15, -0.1) is 0 Å². The van der Waals surface area contributed by atoms with Crippen molar-refractivity contribution in [2.45, 2.75) is 37.3 Å². The molecule has 100 valence electrons. The van der Waals surface area contributed by atoms with Crippen molar-refractivity contribution in [2.75, 3.05) is 7.05 Å². The highest BCUT2D eigenvalue weighted by Gasteiger charge is 2.36. The number of aliphatic hydroxyl groups excluding tert-OH is 1. The van der Waals surface area contributed by atoms with E-state index in [0.717, 1.165) is 18.9 Å². The second-order valence-electron chi connectivity index (χ2n) is 4.61. The minimum absolute atomic E-state index is 0.0234. The van der Waals surface area contributed by atoms with Crippen LogP contribution in [0.5, 0.6) is 0 Å². The molecule has 0 saturated heterocycles. The Labute approximate surface area is 106 Å². The summed E-state index contributed by atoms with van der Waals surface area (Å²) in [5.41, 5.74) is 0.362. The van der Waals surface area contributed by atoms with Gasteiger partial charge in [0.2, 0.25) is 10.0 Å². The summed E-state index contributed by atoms with van der Waals surface area (Å²) in [5.74, 6) is -0.607. The third kappa shape index (κ3) is 2.28. The maximum absolute atomic E-state index is 13.6. The third-order valence-electron chi connectivity index (χ3n) is 3.26. The van der Waals surface area contributed by atoms with Crippen LogP contribution in [0, 0.1) is 12.7 Å². The van der Waals surface area contributed by atoms with Crippen molar-refractivity contribution in [2.24, 2.45) is 0 Å². The zero-order valence-electron chi connectivity index (χ0n) is 10.4. The van der Waals surface area contributed by atoms with Crippen LogP contribution < -0.4 is 0 Å². The minimum atomic E-state index is -3.68. The Morgan fingerprint density at radius 1 is 1.44 bits per heavy atom. The summed E-state index contributed by atoms with van der Waals surface area (Å²) in [6.45, 7) is 1.05. The van der Waals surface area contributed by atoms with E-state index in [2.05, 4.69) is 0 Å². The molecule has 0 bridgehead atoms. The second-order valence-corrected chi connectivity index (χ2v) is 6.58. The summed E-state index contributed by atoms with van der Waals surface area (Å²) >= 11 is 0. The summed E-state index contributed by atoms with van der Waals surface area (Å²) in [6, 6.07) is 2.52. The number of rotatable bonds is 4. The van der Waals surface area contributed by atoms with Crippen LogP contribution in [0.2, 0.25) is 0 Å². The molecule has 0 aliphatic heterocycles. The molecule has 1 aliphatic carbocycles. The zero-order valence-corrected chi connectivity index (χ0v) is 11.2. The molecule has 0 heterocycles. The smallest absolute Gasteiger partial charge is 0.243 e. The lowest BCUT2D eigenvalue weighted by Crippen LogP contribution is -2.29. The molecule has 2 rings (SSSR count). The van der Waals surface area contributed by atoms with E-state index in [1.165, 1.54) is 24.3 Å². The third-order valence-corrected chi connectivity index (χ3v) is 5.29. The van der Waals surface area contributed by atoms with Gasteiger partial charge in [0.05, 0.1) is 11.5 Å². The van der Waals surface area contributed by atoms with Gasteiger partial charge >= 0.3 is 0 Å². The van der Waals surface area contributed by atoms with Crippen LogP contribution >= 0.6 is 0 Å². The van der Waals surface area contributed by atoms with Crippen molar-refractivity contribution in [3.63, 3.8) is 0 Å². The van der Waals surface area contributed by atoms with Gasteiger partial charge in [-0.3, -0.25) is 0 Å². The van der Waals surface area contributed by atoms with Crippen molar-refractivity contribution in [3.8, 4) is 0 Å². The van der Waals surface area contributed by atoms with Crippen LogP contribution in [-0.4, -0.2) is 30.9 Å². The molecule has 1 saturated carbocycles. The van der Waals surface area contributed by atoms with Gasteiger partial charge in [-0.2, -0.15) is 4.31 Å². The van der Waals surface area contributed by atoms with E-state index in [9.17, 15) is 12.8 Å². The largest absolute Gasteiger partial charge is 0.392 e. The second kappa shape index (κ2) is 4.60. The molecule has 0 atom stereocenters. The zero-order chi connectivity index (χ0) is 13.5. The van der Waals surface area contributed by atoms with Crippen LogP contribution in [-0.2, 0) is 16.6 Å². The van der Waals surface area contributed by atoms with Gasteiger partial charge in [0, 0.05) is 18.7 Å². The average Bonchev–Trinajstić information content (AvgIpc) is 3.15. The monoisotopic (exact) mass is 273 g/mol. The fourth-order valence-electron chi connectivity index (χ4n) is 1.86. The summed E-state index contributed by atoms with van der Waals surface area (Å²) in [4.78, 5) is -0.0547. The number of hydrogen-bond acceptors (Lipinski definition) is 3. The van der Waals surface area contributed by atoms with E-state index in [0.29, 0.717) is 0 Å². The molecule has 0 unspecified atom stereocenters. The molecule has 0 radical (unpaired) electrons. The van der Waals surface area contributed by atoms with Crippen LogP contribution in [0.3, 0.4) is 0 Å². The Morgan fingerprint density at radius 3 is 2.56 bits per heavy atom.